The van der Waals surface area contributed by atoms with Crippen LogP contribution in [0.25, 0.3) is 11.3 Å². The Kier molecular flexibility index (Phi) is 6.06. The van der Waals surface area contributed by atoms with Gasteiger partial charge in [-0.2, -0.15) is 0 Å². The van der Waals surface area contributed by atoms with E-state index >= 15 is 0 Å². The van der Waals surface area contributed by atoms with Crippen LogP contribution in [0.15, 0.2) is 59.5 Å². The van der Waals surface area contributed by atoms with Crippen molar-refractivity contribution < 1.29 is 23.8 Å². The maximum absolute atomic E-state index is 12.4. The fraction of sp³-hybridized carbons (Fsp3) is 0.227. The van der Waals surface area contributed by atoms with E-state index < -0.39 is 17.4 Å². The SMILES string of the molecule is COc1cc(NC(=O)C(=O)NC(C)(C)Cc2ccc(O)cc2)ccc1-c1cocn1. The van der Waals surface area contributed by atoms with Gasteiger partial charge in [-0.1, -0.05) is 12.1 Å². The molecule has 8 nitrogen and oxygen atoms in total. The number of hydrogen-bond donors (Lipinski definition) is 3. The van der Waals surface area contributed by atoms with Crippen LogP contribution < -0.4 is 15.4 Å². The largest absolute Gasteiger partial charge is 0.508 e. The smallest absolute Gasteiger partial charge is 0.313 e. The van der Waals surface area contributed by atoms with Gasteiger partial charge < -0.3 is 24.9 Å². The first-order valence-corrected chi connectivity index (χ1v) is 9.25. The minimum Gasteiger partial charge on any atom is -0.508 e. The third-order valence-electron chi connectivity index (χ3n) is 4.41. The Morgan fingerprint density at radius 3 is 2.50 bits per heavy atom. The van der Waals surface area contributed by atoms with E-state index in [0.29, 0.717) is 29.1 Å². The molecule has 0 atom stereocenters. The average Bonchev–Trinajstić information content (AvgIpc) is 3.23. The zero-order valence-electron chi connectivity index (χ0n) is 16.9. The van der Waals surface area contributed by atoms with Crippen molar-refractivity contribution in [3.05, 3.63) is 60.7 Å². The summed E-state index contributed by atoms with van der Waals surface area (Å²) in [5.74, 6) is -0.886. The van der Waals surface area contributed by atoms with Gasteiger partial charge in [-0.25, -0.2) is 4.98 Å². The van der Waals surface area contributed by atoms with Crippen molar-refractivity contribution in [1.82, 2.24) is 10.3 Å². The molecule has 8 heteroatoms. The van der Waals surface area contributed by atoms with Crippen LogP contribution in [0.5, 0.6) is 11.5 Å². The second-order valence-corrected chi connectivity index (χ2v) is 7.42. The van der Waals surface area contributed by atoms with Crippen LogP contribution in [0.2, 0.25) is 0 Å². The van der Waals surface area contributed by atoms with Gasteiger partial charge in [-0.3, -0.25) is 9.59 Å². The number of anilines is 1. The topological polar surface area (TPSA) is 114 Å². The number of carbonyl (C=O) groups is 2. The first-order valence-electron chi connectivity index (χ1n) is 9.25. The van der Waals surface area contributed by atoms with Crippen LogP contribution >= 0.6 is 0 Å². The molecule has 0 unspecified atom stereocenters. The highest BCUT2D eigenvalue weighted by molar-refractivity contribution is 6.39. The standard InChI is InChI=1S/C22H23N3O5/c1-22(2,11-14-4-7-16(26)8-5-14)25-21(28)20(27)24-15-6-9-17(19(10-15)29-3)18-12-30-13-23-18/h4-10,12-13,26H,11H2,1-3H3,(H,24,27)(H,25,28). The number of ether oxygens (including phenoxy) is 1. The first-order chi connectivity index (χ1) is 14.3. The molecule has 0 fully saturated rings. The summed E-state index contributed by atoms with van der Waals surface area (Å²) in [6.45, 7) is 3.64. The Morgan fingerprint density at radius 1 is 1.13 bits per heavy atom. The van der Waals surface area contributed by atoms with E-state index in [1.807, 2.05) is 13.8 Å². The number of carbonyl (C=O) groups excluding carboxylic acids is 2. The molecule has 2 amide bonds. The number of phenolic OH excluding ortho intramolecular Hbond substituents is 1. The van der Waals surface area contributed by atoms with E-state index in [4.69, 9.17) is 9.15 Å². The fourth-order valence-corrected chi connectivity index (χ4v) is 3.05. The van der Waals surface area contributed by atoms with Crippen molar-refractivity contribution in [2.24, 2.45) is 0 Å². The van der Waals surface area contributed by atoms with Crippen molar-refractivity contribution in [3.63, 3.8) is 0 Å². The van der Waals surface area contributed by atoms with E-state index in [1.54, 1.807) is 42.5 Å². The molecule has 0 saturated heterocycles. The Hall–Kier alpha value is -3.81. The monoisotopic (exact) mass is 409 g/mol. The number of phenols is 1. The predicted molar refractivity (Wildman–Crippen MR) is 111 cm³/mol. The summed E-state index contributed by atoms with van der Waals surface area (Å²) in [5, 5.41) is 14.7. The second-order valence-electron chi connectivity index (χ2n) is 7.42. The molecule has 0 aliphatic rings. The number of benzene rings is 2. The maximum atomic E-state index is 12.4. The molecule has 30 heavy (non-hydrogen) atoms. The van der Waals surface area contributed by atoms with E-state index in [1.165, 1.54) is 19.8 Å². The molecule has 0 spiro atoms. The van der Waals surface area contributed by atoms with Gasteiger partial charge in [0, 0.05) is 22.9 Å². The number of nitrogens with one attached hydrogen (secondary N) is 2. The number of methoxy groups -OCH3 is 1. The van der Waals surface area contributed by atoms with Crippen LogP contribution in [0.4, 0.5) is 5.69 Å². The molecule has 156 valence electrons. The first kappa shape index (κ1) is 20.9. The molecule has 1 aromatic heterocycles. The minimum absolute atomic E-state index is 0.171. The fourth-order valence-electron chi connectivity index (χ4n) is 3.05. The lowest BCUT2D eigenvalue weighted by molar-refractivity contribution is -0.137. The molecule has 0 aliphatic carbocycles. The van der Waals surface area contributed by atoms with E-state index in [-0.39, 0.29) is 5.75 Å². The van der Waals surface area contributed by atoms with E-state index in [9.17, 15) is 14.7 Å². The Morgan fingerprint density at radius 2 is 1.87 bits per heavy atom. The summed E-state index contributed by atoms with van der Waals surface area (Å²) in [4.78, 5) is 28.9. The minimum atomic E-state index is -0.787. The molecule has 3 aromatic rings. The van der Waals surface area contributed by atoms with Crippen LogP contribution in [0, 0.1) is 0 Å². The lowest BCUT2D eigenvalue weighted by Gasteiger charge is -2.26. The number of amides is 2. The number of oxazole rings is 1. The van der Waals surface area contributed by atoms with Crippen LogP contribution in [0.1, 0.15) is 19.4 Å². The molecule has 0 radical (unpaired) electrons. The molecule has 0 saturated carbocycles. The van der Waals surface area contributed by atoms with Crippen molar-refractivity contribution >= 4 is 17.5 Å². The van der Waals surface area contributed by atoms with Crippen molar-refractivity contribution in [2.75, 3.05) is 12.4 Å². The van der Waals surface area contributed by atoms with Gasteiger partial charge in [0.1, 0.15) is 23.5 Å². The van der Waals surface area contributed by atoms with Crippen LogP contribution in [0.3, 0.4) is 0 Å². The molecule has 1 heterocycles. The molecule has 2 aromatic carbocycles. The summed E-state index contributed by atoms with van der Waals surface area (Å²) in [7, 11) is 1.50. The summed E-state index contributed by atoms with van der Waals surface area (Å²) in [6, 6.07) is 11.7. The van der Waals surface area contributed by atoms with Gasteiger partial charge in [0.15, 0.2) is 6.39 Å². The molecular formula is C22H23N3O5. The lowest BCUT2D eigenvalue weighted by atomic mass is 9.95. The quantitative estimate of drug-likeness (QED) is 0.539. The van der Waals surface area contributed by atoms with Gasteiger partial charge in [0.05, 0.1) is 7.11 Å². The third-order valence-corrected chi connectivity index (χ3v) is 4.41. The molecule has 3 N–H and O–H groups in total. The number of hydrogen-bond acceptors (Lipinski definition) is 6. The molecule has 0 bridgehead atoms. The number of aromatic nitrogens is 1. The number of aromatic hydroxyl groups is 1. The Balaban J connectivity index is 1.65. The summed E-state index contributed by atoms with van der Waals surface area (Å²) >= 11 is 0. The van der Waals surface area contributed by atoms with Crippen molar-refractivity contribution in [1.29, 1.82) is 0 Å². The Labute approximate surface area is 173 Å². The summed E-state index contributed by atoms with van der Waals surface area (Å²) in [6.07, 6.45) is 3.29. The molecule has 3 rings (SSSR count). The van der Waals surface area contributed by atoms with E-state index in [2.05, 4.69) is 15.6 Å². The average molecular weight is 409 g/mol. The molecular weight excluding hydrogens is 386 g/mol. The second kappa shape index (κ2) is 8.69. The van der Waals surface area contributed by atoms with E-state index in [0.717, 1.165) is 5.56 Å². The Bertz CT molecular complexity index is 1030. The van der Waals surface area contributed by atoms with Gasteiger partial charge >= 0.3 is 11.8 Å². The lowest BCUT2D eigenvalue weighted by Crippen LogP contribution is -2.49. The van der Waals surface area contributed by atoms with Gasteiger partial charge in [-0.15, -0.1) is 0 Å². The maximum Gasteiger partial charge on any atom is 0.313 e. The normalized spacial score (nSPS) is 11.0. The zero-order chi connectivity index (χ0) is 21.7. The third kappa shape index (κ3) is 5.16. The predicted octanol–water partition coefficient (Wildman–Crippen LogP) is 3.13. The zero-order valence-corrected chi connectivity index (χ0v) is 16.9. The van der Waals surface area contributed by atoms with Gasteiger partial charge in [0.25, 0.3) is 0 Å². The van der Waals surface area contributed by atoms with Crippen molar-refractivity contribution in [3.8, 4) is 22.8 Å². The van der Waals surface area contributed by atoms with Gasteiger partial charge in [-0.05, 0) is 50.1 Å². The van der Waals surface area contributed by atoms with Crippen LogP contribution in [-0.2, 0) is 16.0 Å². The number of nitrogens with zero attached hydrogens (tertiary/aromatic N) is 1. The van der Waals surface area contributed by atoms with Crippen LogP contribution in [-0.4, -0.2) is 34.6 Å². The van der Waals surface area contributed by atoms with Crippen molar-refractivity contribution in [2.45, 2.75) is 25.8 Å². The highest BCUT2D eigenvalue weighted by Crippen LogP contribution is 2.31. The number of rotatable bonds is 6. The highest BCUT2D eigenvalue weighted by atomic mass is 16.5. The summed E-state index contributed by atoms with van der Waals surface area (Å²) in [5.41, 5.74) is 1.96. The summed E-state index contributed by atoms with van der Waals surface area (Å²) < 4.78 is 10.3. The van der Waals surface area contributed by atoms with Gasteiger partial charge in [0.2, 0.25) is 0 Å². The molecule has 0 aliphatic heterocycles. The highest BCUT2D eigenvalue weighted by Gasteiger charge is 2.25.